The highest BCUT2D eigenvalue weighted by Gasteiger charge is 2.08. The number of hydrogen-bond donors (Lipinski definition) is 1. The second kappa shape index (κ2) is 7.01. The third kappa shape index (κ3) is 3.81. The van der Waals surface area contributed by atoms with Gasteiger partial charge in [-0.1, -0.05) is 38.0 Å². The van der Waals surface area contributed by atoms with Crippen molar-refractivity contribution in [2.45, 2.75) is 59.4 Å². The van der Waals surface area contributed by atoms with Crippen LogP contribution < -0.4 is 5.73 Å². The van der Waals surface area contributed by atoms with Crippen molar-refractivity contribution in [3.63, 3.8) is 0 Å². The van der Waals surface area contributed by atoms with Crippen LogP contribution in [0, 0.1) is 18.8 Å². The number of nitrogens with two attached hydrogens (primary N) is 1. The van der Waals surface area contributed by atoms with Crippen LogP contribution in [0.3, 0.4) is 0 Å². The fourth-order valence-corrected chi connectivity index (χ4v) is 1.79. The number of nitrogens with zero attached hydrogens (tertiary/aromatic N) is 2. The second-order valence-electron chi connectivity index (χ2n) is 4.27. The van der Waals surface area contributed by atoms with Crippen molar-refractivity contribution in [3.8, 4) is 11.8 Å². The summed E-state index contributed by atoms with van der Waals surface area (Å²) in [4.78, 5) is 0. The van der Waals surface area contributed by atoms with E-state index in [2.05, 4.69) is 23.9 Å². The maximum Gasteiger partial charge on any atom is 0.137 e. The molecule has 0 fully saturated rings. The summed E-state index contributed by atoms with van der Waals surface area (Å²) in [5, 5.41) is 4.35. The predicted molar refractivity (Wildman–Crippen MR) is 72.7 cm³/mol. The van der Waals surface area contributed by atoms with E-state index in [-0.39, 0.29) is 0 Å². The molecular formula is C14H23N3. The fourth-order valence-electron chi connectivity index (χ4n) is 1.79. The Morgan fingerprint density at radius 2 is 2.00 bits per heavy atom. The van der Waals surface area contributed by atoms with Crippen molar-refractivity contribution < 1.29 is 0 Å². The lowest BCUT2D eigenvalue weighted by atomic mass is 10.1. The molecule has 0 saturated heterocycles. The van der Waals surface area contributed by atoms with Gasteiger partial charge in [-0.3, -0.25) is 0 Å². The van der Waals surface area contributed by atoms with Crippen LogP contribution in [-0.2, 0) is 6.54 Å². The van der Waals surface area contributed by atoms with Crippen LogP contribution in [0.1, 0.15) is 57.2 Å². The smallest absolute Gasteiger partial charge is 0.137 e. The van der Waals surface area contributed by atoms with Crippen molar-refractivity contribution in [1.29, 1.82) is 0 Å². The molecule has 0 spiro atoms. The molecule has 0 aliphatic heterocycles. The largest absolute Gasteiger partial charge is 0.383 e. The molecule has 1 aromatic heterocycles. The molecule has 1 heterocycles. The molecule has 94 valence electrons. The highest BCUT2D eigenvalue weighted by Crippen LogP contribution is 2.14. The van der Waals surface area contributed by atoms with Crippen molar-refractivity contribution in [2.24, 2.45) is 0 Å². The summed E-state index contributed by atoms with van der Waals surface area (Å²) < 4.78 is 1.80. The number of hydrogen-bond acceptors (Lipinski definition) is 2. The van der Waals surface area contributed by atoms with Crippen LogP contribution in [0.4, 0.5) is 5.82 Å². The van der Waals surface area contributed by atoms with Crippen LogP contribution in [0.25, 0.3) is 0 Å². The minimum atomic E-state index is 0.700. The summed E-state index contributed by atoms with van der Waals surface area (Å²) in [7, 11) is 0. The zero-order valence-electron chi connectivity index (χ0n) is 11.2. The zero-order valence-corrected chi connectivity index (χ0v) is 11.2. The van der Waals surface area contributed by atoms with Gasteiger partial charge in [-0.15, -0.1) is 0 Å². The Morgan fingerprint density at radius 3 is 2.59 bits per heavy atom. The maximum absolute atomic E-state index is 5.98. The SMILES string of the molecule is CCCCCCC#Cc1c(C)nn(CC)c1N. The van der Waals surface area contributed by atoms with Gasteiger partial charge in [0.15, 0.2) is 0 Å². The molecule has 17 heavy (non-hydrogen) atoms. The van der Waals surface area contributed by atoms with Gasteiger partial charge in [0.25, 0.3) is 0 Å². The van der Waals surface area contributed by atoms with Gasteiger partial charge in [-0.05, 0) is 20.3 Å². The second-order valence-corrected chi connectivity index (χ2v) is 4.27. The summed E-state index contributed by atoms with van der Waals surface area (Å²) in [5.41, 5.74) is 7.82. The van der Waals surface area contributed by atoms with Crippen molar-refractivity contribution in [2.75, 3.05) is 5.73 Å². The average Bonchev–Trinajstić information content (AvgIpc) is 2.60. The van der Waals surface area contributed by atoms with Gasteiger partial charge in [0, 0.05) is 13.0 Å². The first-order valence-electron chi connectivity index (χ1n) is 6.52. The molecule has 2 N–H and O–H groups in total. The molecule has 3 nitrogen and oxygen atoms in total. The minimum Gasteiger partial charge on any atom is -0.383 e. The van der Waals surface area contributed by atoms with E-state index in [0.717, 1.165) is 24.2 Å². The lowest BCUT2D eigenvalue weighted by Crippen LogP contribution is -2.02. The molecule has 0 saturated carbocycles. The number of aryl methyl sites for hydroxylation is 2. The third-order valence-electron chi connectivity index (χ3n) is 2.83. The molecule has 0 aliphatic carbocycles. The lowest BCUT2D eigenvalue weighted by molar-refractivity contribution is 0.663. The van der Waals surface area contributed by atoms with Gasteiger partial charge < -0.3 is 5.73 Å². The average molecular weight is 233 g/mol. The summed E-state index contributed by atoms with van der Waals surface area (Å²) in [5.74, 6) is 7.05. The van der Waals surface area contributed by atoms with E-state index in [9.17, 15) is 0 Å². The Morgan fingerprint density at radius 1 is 1.24 bits per heavy atom. The van der Waals surface area contributed by atoms with Gasteiger partial charge in [-0.2, -0.15) is 5.10 Å². The number of nitrogen functional groups attached to an aromatic ring is 1. The molecule has 0 radical (unpaired) electrons. The number of anilines is 1. The molecule has 1 rings (SSSR count). The molecule has 3 heteroatoms. The van der Waals surface area contributed by atoms with Crippen molar-refractivity contribution >= 4 is 5.82 Å². The van der Waals surface area contributed by atoms with E-state index >= 15 is 0 Å². The highest BCUT2D eigenvalue weighted by molar-refractivity contribution is 5.54. The van der Waals surface area contributed by atoms with E-state index in [4.69, 9.17) is 5.73 Å². The minimum absolute atomic E-state index is 0.700. The first kappa shape index (κ1) is 13.6. The highest BCUT2D eigenvalue weighted by atomic mass is 15.3. The lowest BCUT2D eigenvalue weighted by Gasteiger charge is -1.97. The molecule has 0 bridgehead atoms. The Balaban J connectivity index is 2.56. The Hall–Kier alpha value is -1.43. The molecule has 0 unspecified atom stereocenters. The predicted octanol–water partition coefficient (Wildman–Crippen LogP) is 3.12. The molecule has 0 aromatic carbocycles. The number of unbranched alkanes of at least 4 members (excludes halogenated alkanes) is 4. The number of rotatable bonds is 5. The van der Waals surface area contributed by atoms with Gasteiger partial charge >= 0.3 is 0 Å². The molecule has 0 aliphatic rings. The van der Waals surface area contributed by atoms with Crippen LogP contribution in [0.2, 0.25) is 0 Å². The molecule has 1 aromatic rings. The Labute approximate surface area is 104 Å². The van der Waals surface area contributed by atoms with Gasteiger partial charge in [-0.25, -0.2) is 4.68 Å². The summed E-state index contributed by atoms with van der Waals surface area (Å²) >= 11 is 0. The Kier molecular flexibility index (Phi) is 5.62. The summed E-state index contributed by atoms with van der Waals surface area (Å²) in [6.45, 7) is 7.01. The van der Waals surface area contributed by atoms with E-state index in [1.165, 1.54) is 25.7 Å². The van der Waals surface area contributed by atoms with Crippen LogP contribution in [0.5, 0.6) is 0 Å². The monoisotopic (exact) mass is 233 g/mol. The quantitative estimate of drug-likeness (QED) is 0.627. The first-order valence-corrected chi connectivity index (χ1v) is 6.52. The van der Waals surface area contributed by atoms with Crippen molar-refractivity contribution in [1.82, 2.24) is 9.78 Å². The van der Waals surface area contributed by atoms with E-state index in [1.807, 2.05) is 13.8 Å². The summed E-state index contributed by atoms with van der Waals surface area (Å²) in [6, 6.07) is 0. The van der Waals surface area contributed by atoms with Gasteiger partial charge in [0.1, 0.15) is 5.82 Å². The van der Waals surface area contributed by atoms with Crippen LogP contribution in [0.15, 0.2) is 0 Å². The topological polar surface area (TPSA) is 43.8 Å². The van der Waals surface area contributed by atoms with Gasteiger partial charge in [0.05, 0.1) is 11.3 Å². The first-order chi connectivity index (χ1) is 8.20. The molecule has 0 atom stereocenters. The summed E-state index contributed by atoms with van der Waals surface area (Å²) in [6.07, 6.45) is 5.98. The molecule has 0 amide bonds. The van der Waals surface area contributed by atoms with Crippen molar-refractivity contribution in [3.05, 3.63) is 11.3 Å². The van der Waals surface area contributed by atoms with E-state index in [0.29, 0.717) is 5.82 Å². The fraction of sp³-hybridized carbons (Fsp3) is 0.643. The molecular weight excluding hydrogens is 210 g/mol. The van der Waals surface area contributed by atoms with Gasteiger partial charge in [0.2, 0.25) is 0 Å². The Bertz CT molecular complexity index is 407. The zero-order chi connectivity index (χ0) is 12.7. The van der Waals surface area contributed by atoms with Crippen LogP contribution in [-0.4, -0.2) is 9.78 Å². The maximum atomic E-state index is 5.98. The number of aromatic nitrogens is 2. The normalized spacial score (nSPS) is 10.1. The van der Waals surface area contributed by atoms with E-state index < -0.39 is 0 Å². The van der Waals surface area contributed by atoms with Crippen LogP contribution >= 0.6 is 0 Å². The third-order valence-corrected chi connectivity index (χ3v) is 2.83. The van der Waals surface area contributed by atoms with E-state index in [1.54, 1.807) is 4.68 Å². The standard InChI is InChI=1S/C14H23N3/c1-4-6-7-8-9-10-11-13-12(3)16-17(5-2)14(13)15/h4-9,15H2,1-3H3.